The molecule has 1 unspecified atom stereocenters. The molecule has 1 aliphatic heterocycles. The molecule has 0 fully saturated rings. The summed E-state index contributed by atoms with van der Waals surface area (Å²) < 4.78 is 5.53. The largest absolute Gasteiger partial charge is 0.488 e. The van der Waals surface area contributed by atoms with Crippen LogP contribution in [0.2, 0.25) is 5.02 Å². The highest BCUT2D eigenvalue weighted by Crippen LogP contribution is 2.33. The molecule has 0 amide bonds. The number of hydrogen-bond donors (Lipinski definition) is 1. The maximum atomic E-state index is 5.97. The molecule has 1 atom stereocenters. The van der Waals surface area contributed by atoms with E-state index in [0.717, 1.165) is 22.8 Å². The van der Waals surface area contributed by atoms with Gasteiger partial charge in [-0.1, -0.05) is 17.7 Å². The molecule has 0 aliphatic carbocycles. The fraction of sp³-hybridized carbons (Fsp3) is 0.333. The van der Waals surface area contributed by atoms with E-state index in [2.05, 4.69) is 0 Å². The van der Waals surface area contributed by atoms with Crippen LogP contribution in [-0.4, -0.2) is 12.6 Å². The standard InChI is InChI=1S/C9H10ClNO/c10-8-2-1-3-9-7(8)4-6(5-11)12-9/h1-3,6H,4-5,11H2. The van der Waals surface area contributed by atoms with Crippen molar-refractivity contribution in [2.24, 2.45) is 5.73 Å². The van der Waals surface area contributed by atoms with Crippen LogP contribution in [0.15, 0.2) is 18.2 Å². The van der Waals surface area contributed by atoms with Crippen molar-refractivity contribution >= 4 is 11.6 Å². The molecule has 64 valence electrons. The maximum absolute atomic E-state index is 5.97. The van der Waals surface area contributed by atoms with Gasteiger partial charge < -0.3 is 10.5 Å². The Labute approximate surface area is 76.3 Å². The zero-order valence-electron chi connectivity index (χ0n) is 6.59. The van der Waals surface area contributed by atoms with Gasteiger partial charge in [0, 0.05) is 23.6 Å². The highest BCUT2D eigenvalue weighted by Gasteiger charge is 2.22. The number of rotatable bonds is 1. The summed E-state index contributed by atoms with van der Waals surface area (Å²) in [6.07, 6.45) is 0.950. The number of benzene rings is 1. The Morgan fingerprint density at radius 3 is 3.08 bits per heavy atom. The summed E-state index contributed by atoms with van der Waals surface area (Å²) >= 11 is 5.97. The van der Waals surface area contributed by atoms with Gasteiger partial charge in [0.25, 0.3) is 0 Å². The Balaban J connectivity index is 2.35. The summed E-state index contributed by atoms with van der Waals surface area (Å²) in [6, 6.07) is 5.69. The van der Waals surface area contributed by atoms with Gasteiger partial charge in [-0.05, 0) is 12.1 Å². The van der Waals surface area contributed by atoms with Gasteiger partial charge in [-0.15, -0.1) is 0 Å². The van der Waals surface area contributed by atoms with Crippen molar-refractivity contribution < 1.29 is 4.74 Å². The zero-order chi connectivity index (χ0) is 8.55. The lowest BCUT2D eigenvalue weighted by Crippen LogP contribution is -2.24. The second kappa shape index (κ2) is 2.96. The van der Waals surface area contributed by atoms with Gasteiger partial charge in [0.2, 0.25) is 0 Å². The lowest BCUT2D eigenvalue weighted by atomic mass is 10.1. The van der Waals surface area contributed by atoms with Crippen LogP contribution in [0.4, 0.5) is 0 Å². The molecule has 12 heavy (non-hydrogen) atoms. The highest BCUT2D eigenvalue weighted by molar-refractivity contribution is 6.31. The van der Waals surface area contributed by atoms with Crippen molar-refractivity contribution in [1.29, 1.82) is 0 Å². The van der Waals surface area contributed by atoms with Crippen molar-refractivity contribution in [2.75, 3.05) is 6.54 Å². The van der Waals surface area contributed by atoms with E-state index in [4.69, 9.17) is 22.1 Å². The number of halogens is 1. The first-order valence-corrected chi connectivity index (χ1v) is 4.33. The minimum Gasteiger partial charge on any atom is -0.488 e. The second-order valence-corrected chi connectivity index (χ2v) is 3.30. The van der Waals surface area contributed by atoms with E-state index in [9.17, 15) is 0 Å². The predicted molar refractivity (Wildman–Crippen MR) is 48.6 cm³/mol. The molecule has 0 aromatic heterocycles. The van der Waals surface area contributed by atoms with Crippen molar-refractivity contribution in [3.05, 3.63) is 28.8 Å². The van der Waals surface area contributed by atoms with Crippen molar-refractivity contribution in [2.45, 2.75) is 12.5 Å². The van der Waals surface area contributed by atoms with Crippen LogP contribution in [0, 0.1) is 0 Å². The van der Waals surface area contributed by atoms with E-state index in [-0.39, 0.29) is 6.10 Å². The fourth-order valence-corrected chi connectivity index (χ4v) is 1.67. The molecular formula is C9H10ClNO. The van der Waals surface area contributed by atoms with E-state index in [1.165, 1.54) is 0 Å². The molecule has 2 rings (SSSR count). The zero-order valence-corrected chi connectivity index (χ0v) is 7.34. The van der Waals surface area contributed by atoms with Gasteiger partial charge in [0.1, 0.15) is 11.9 Å². The van der Waals surface area contributed by atoms with E-state index in [0.29, 0.717) is 6.54 Å². The lowest BCUT2D eigenvalue weighted by Gasteiger charge is -2.05. The van der Waals surface area contributed by atoms with Crippen molar-refractivity contribution in [3.63, 3.8) is 0 Å². The molecule has 2 nitrogen and oxygen atoms in total. The Hall–Kier alpha value is -0.730. The van der Waals surface area contributed by atoms with Crippen LogP contribution in [0.3, 0.4) is 0 Å². The molecule has 0 bridgehead atoms. The number of fused-ring (bicyclic) bond motifs is 1. The topological polar surface area (TPSA) is 35.2 Å². The average molecular weight is 184 g/mol. The van der Waals surface area contributed by atoms with E-state index < -0.39 is 0 Å². The Kier molecular flexibility index (Phi) is 1.95. The molecule has 1 aromatic carbocycles. The summed E-state index contributed by atoms with van der Waals surface area (Å²) in [5.41, 5.74) is 6.59. The van der Waals surface area contributed by atoms with E-state index in [1.54, 1.807) is 0 Å². The van der Waals surface area contributed by atoms with Gasteiger partial charge in [0.05, 0.1) is 0 Å². The molecule has 3 heteroatoms. The first kappa shape index (κ1) is 7.90. The molecule has 0 saturated carbocycles. The minimum absolute atomic E-state index is 0.111. The molecule has 1 aliphatic rings. The van der Waals surface area contributed by atoms with Crippen molar-refractivity contribution in [3.8, 4) is 5.75 Å². The fourth-order valence-electron chi connectivity index (χ4n) is 1.43. The smallest absolute Gasteiger partial charge is 0.124 e. The number of hydrogen-bond acceptors (Lipinski definition) is 2. The lowest BCUT2D eigenvalue weighted by molar-refractivity contribution is 0.241. The van der Waals surface area contributed by atoms with Crippen LogP contribution >= 0.6 is 11.6 Å². The summed E-state index contributed by atoms with van der Waals surface area (Å²) in [5, 5.41) is 0.781. The molecule has 0 saturated heterocycles. The van der Waals surface area contributed by atoms with Gasteiger partial charge in [-0.25, -0.2) is 0 Å². The Morgan fingerprint density at radius 2 is 2.42 bits per heavy atom. The third kappa shape index (κ3) is 1.17. The molecule has 1 aromatic rings. The summed E-state index contributed by atoms with van der Waals surface area (Å²) in [5.74, 6) is 0.887. The van der Waals surface area contributed by atoms with Gasteiger partial charge in [0.15, 0.2) is 0 Å². The summed E-state index contributed by atoms with van der Waals surface area (Å²) in [6.45, 7) is 0.547. The predicted octanol–water partition coefficient (Wildman–Crippen LogP) is 1.60. The third-order valence-electron chi connectivity index (χ3n) is 2.06. The van der Waals surface area contributed by atoms with E-state index >= 15 is 0 Å². The first-order valence-electron chi connectivity index (χ1n) is 3.95. The van der Waals surface area contributed by atoms with Crippen molar-refractivity contribution in [1.82, 2.24) is 0 Å². The van der Waals surface area contributed by atoms with Crippen LogP contribution < -0.4 is 10.5 Å². The van der Waals surface area contributed by atoms with Crippen LogP contribution in [0.1, 0.15) is 5.56 Å². The van der Waals surface area contributed by atoms with Gasteiger partial charge >= 0.3 is 0 Å². The molecule has 2 N–H and O–H groups in total. The maximum Gasteiger partial charge on any atom is 0.124 e. The van der Waals surface area contributed by atoms with Gasteiger partial charge in [-0.2, -0.15) is 0 Å². The average Bonchev–Trinajstić information content (AvgIpc) is 2.49. The second-order valence-electron chi connectivity index (χ2n) is 2.90. The van der Waals surface area contributed by atoms with Gasteiger partial charge in [-0.3, -0.25) is 0 Å². The molecular weight excluding hydrogens is 174 g/mol. The molecule has 0 spiro atoms. The van der Waals surface area contributed by atoms with Crippen LogP contribution in [0.25, 0.3) is 0 Å². The SMILES string of the molecule is NCC1Cc2c(Cl)cccc2O1. The highest BCUT2D eigenvalue weighted by atomic mass is 35.5. The molecule has 1 heterocycles. The van der Waals surface area contributed by atoms with E-state index in [1.807, 2.05) is 18.2 Å². The quantitative estimate of drug-likeness (QED) is 0.718. The Bertz CT molecular complexity index is 301. The monoisotopic (exact) mass is 183 g/mol. The minimum atomic E-state index is 0.111. The first-order chi connectivity index (χ1) is 5.81. The summed E-state index contributed by atoms with van der Waals surface area (Å²) in [4.78, 5) is 0. The number of nitrogens with two attached hydrogens (primary N) is 1. The van der Waals surface area contributed by atoms with Crippen LogP contribution in [-0.2, 0) is 6.42 Å². The Morgan fingerprint density at radius 1 is 1.58 bits per heavy atom. The van der Waals surface area contributed by atoms with Crippen LogP contribution in [0.5, 0.6) is 5.75 Å². The summed E-state index contributed by atoms with van der Waals surface area (Å²) in [7, 11) is 0. The normalized spacial score (nSPS) is 20.3. The number of ether oxygens (including phenoxy) is 1. The molecule has 0 radical (unpaired) electrons. The third-order valence-corrected chi connectivity index (χ3v) is 2.42.